The first-order valence-corrected chi connectivity index (χ1v) is 11.7. The quantitative estimate of drug-likeness (QED) is 0.453. The number of aromatic nitrogens is 3. The van der Waals surface area contributed by atoms with Crippen LogP contribution in [0.1, 0.15) is 39.2 Å². The van der Waals surface area contributed by atoms with Crippen molar-refractivity contribution in [1.29, 1.82) is 5.26 Å². The minimum atomic E-state index is 0.609. The Balaban J connectivity index is 1.55. The molecule has 2 aromatic heterocycles. The summed E-state index contributed by atoms with van der Waals surface area (Å²) in [5, 5.41) is 18.3. The molecule has 3 heterocycles. The summed E-state index contributed by atoms with van der Waals surface area (Å²) in [6, 6.07) is 25.2. The molecule has 0 unspecified atom stereocenters. The van der Waals surface area contributed by atoms with Gasteiger partial charge in [0.15, 0.2) is 5.82 Å². The van der Waals surface area contributed by atoms with Crippen LogP contribution in [0.5, 0.6) is 0 Å². The molecule has 6 heteroatoms. The van der Waals surface area contributed by atoms with Gasteiger partial charge in [0.1, 0.15) is 11.9 Å². The fourth-order valence-corrected chi connectivity index (χ4v) is 4.70. The molecular weight excluding hydrogens is 420 g/mol. The van der Waals surface area contributed by atoms with Gasteiger partial charge in [-0.15, -0.1) is 0 Å². The Hall–Kier alpha value is -3.95. The lowest BCUT2D eigenvalue weighted by Crippen LogP contribution is -2.32. The number of fused-ring (bicyclic) bond motifs is 1. The van der Waals surface area contributed by atoms with Gasteiger partial charge < -0.3 is 5.32 Å². The second kappa shape index (κ2) is 9.50. The molecule has 1 N–H and O–H groups in total. The van der Waals surface area contributed by atoms with E-state index in [9.17, 15) is 5.26 Å². The highest BCUT2D eigenvalue weighted by atomic mass is 15.3. The maximum Gasteiger partial charge on any atom is 0.160 e. The zero-order chi connectivity index (χ0) is 23.5. The van der Waals surface area contributed by atoms with E-state index in [-0.39, 0.29) is 0 Å². The third-order valence-electron chi connectivity index (χ3n) is 6.32. The Bertz CT molecular complexity index is 1340. The van der Waals surface area contributed by atoms with Gasteiger partial charge in [-0.05, 0) is 43.0 Å². The number of nitrogens with zero attached hydrogens (tertiary/aromatic N) is 5. The fraction of sp³-hybridized carbons (Fsp3) is 0.250. The largest absolute Gasteiger partial charge is 0.365 e. The highest BCUT2D eigenvalue weighted by Crippen LogP contribution is 2.32. The maximum atomic E-state index is 10.1. The zero-order valence-electron chi connectivity index (χ0n) is 19.6. The van der Waals surface area contributed by atoms with Gasteiger partial charge in [-0.3, -0.25) is 4.90 Å². The highest BCUT2D eigenvalue weighted by Gasteiger charge is 2.27. The Morgan fingerprint density at radius 1 is 0.971 bits per heavy atom. The van der Waals surface area contributed by atoms with E-state index in [1.165, 1.54) is 5.56 Å². The predicted molar refractivity (Wildman–Crippen MR) is 134 cm³/mol. The van der Waals surface area contributed by atoms with Crippen molar-refractivity contribution in [3.05, 3.63) is 106 Å². The van der Waals surface area contributed by atoms with Gasteiger partial charge in [-0.25, -0.2) is 9.67 Å². The third kappa shape index (κ3) is 4.43. The molecule has 0 spiro atoms. The molecule has 170 valence electrons. The Labute approximate surface area is 200 Å². The van der Waals surface area contributed by atoms with Gasteiger partial charge in [0.05, 0.1) is 11.3 Å². The summed E-state index contributed by atoms with van der Waals surface area (Å²) in [5.41, 5.74) is 7.24. The average Bonchev–Trinajstić information content (AvgIpc) is 3.20. The van der Waals surface area contributed by atoms with Gasteiger partial charge in [0.25, 0.3) is 0 Å². The number of aryl methyl sites for hydroxylation is 2. The highest BCUT2D eigenvalue weighted by molar-refractivity contribution is 5.63. The van der Waals surface area contributed by atoms with E-state index in [0.29, 0.717) is 17.9 Å². The minimum absolute atomic E-state index is 0.609. The lowest BCUT2D eigenvalue weighted by Gasteiger charge is -2.31. The van der Waals surface area contributed by atoms with Gasteiger partial charge in [-0.1, -0.05) is 60.7 Å². The van der Waals surface area contributed by atoms with Crippen molar-refractivity contribution in [3.8, 4) is 11.9 Å². The molecule has 0 radical (unpaired) electrons. The second-order valence-corrected chi connectivity index (χ2v) is 8.85. The summed E-state index contributed by atoms with van der Waals surface area (Å²) in [6.07, 6.45) is 0.805. The van der Waals surface area contributed by atoms with Gasteiger partial charge in [-0.2, -0.15) is 10.4 Å². The van der Waals surface area contributed by atoms with Gasteiger partial charge in [0, 0.05) is 37.4 Å². The molecule has 4 aromatic rings. The van der Waals surface area contributed by atoms with Crippen LogP contribution in [-0.4, -0.2) is 26.2 Å². The molecule has 0 bridgehead atoms. The van der Waals surface area contributed by atoms with Crippen molar-refractivity contribution in [3.63, 3.8) is 0 Å². The molecule has 0 saturated carbocycles. The SMILES string of the molecule is Cc1cc(C)n(-c2nc(NCc3ccccc3)c(C#N)c3c2CN(Cc2ccccc2)CC3)n1. The summed E-state index contributed by atoms with van der Waals surface area (Å²) in [4.78, 5) is 7.42. The molecule has 0 amide bonds. The lowest BCUT2D eigenvalue weighted by molar-refractivity contribution is 0.244. The molecule has 34 heavy (non-hydrogen) atoms. The van der Waals surface area contributed by atoms with Crippen molar-refractivity contribution in [2.24, 2.45) is 0 Å². The van der Waals surface area contributed by atoms with Crippen LogP contribution in [-0.2, 0) is 26.1 Å². The van der Waals surface area contributed by atoms with Crippen molar-refractivity contribution >= 4 is 5.82 Å². The number of benzene rings is 2. The first-order chi connectivity index (χ1) is 16.6. The molecule has 0 fully saturated rings. The number of hydrogen-bond acceptors (Lipinski definition) is 5. The van der Waals surface area contributed by atoms with E-state index in [2.05, 4.69) is 58.8 Å². The van der Waals surface area contributed by atoms with Crippen LogP contribution in [0.3, 0.4) is 0 Å². The smallest absolute Gasteiger partial charge is 0.160 e. The summed E-state index contributed by atoms with van der Waals surface area (Å²) >= 11 is 0. The van der Waals surface area contributed by atoms with Crippen LogP contribution in [0.15, 0.2) is 66.7 Å². The van der Waals surface area contributed by atoms with Crippen molar-refractivity contribution in [2.45, 2.75) is 39.9 Å². The summed E-state index contributed by atoms with van der Waals surface area (Å²) < 4.78 is 1.93. The number of pyridine rings is 1. The molecule has 2 aromatic carbocycles. The number of rotatable bonds is 6. The third-order valence-corrected chi connectivity index (χ3v) is 6.32. The Kier molecular flexibility index (Phi) is 6.11. The standard InChI is InChI=1S/C28H28N6/c1-20-15-21(2)34(32-20)28-26-19-33(18-23-11-7-4-8-12-23)14-13-24(26)25(16-29)27(31-28)30-17-22-9-5-3-6-10-22/h3-12,15H,13-14,17-19H2,1-2H3,(H,30,31). The van der Waals surface area contributed by atoms with Gasteiger partial charge in [0.2, 0.25) is 0 Å². The molecule has 6 nitrogen and oxygen atoms in total. The fourth-order valence-electron chi connectivity index (χ4n) is 4.70. The van der Waals surface area contributed by atoms with Crippen LogP contribution in [0.2, 0.25) is 0 Å². The molecule has 0 saturated heterocycles. The molecule has 5 rings (SSSR count). The van der Waals surface area contributed by atoms with Crippen molar-refractivity contribution < 1.29 is 0 Å². The maximum absolute atomic E-state index is 10.1. The Morgan fingerprint density at radius 3 is 2.32 bits per heavy atom. The molecule has 0 atom stereocenters. The van der Waals surface area contributed by atoms with Crippen molar-refractivity contribution in [2.75, 3.05) is 11.9 Å². The van der Waals surface area contributed by atoms with Crippen molar-refractivity contribution in [1.82, 2.24) is 19.7 Å². The minimum Gasteiger partial charge on any atom is -0.365 e. The number of nitriles is 1. The van der Waals surface area contributed by atoms with Crippen LogP contribution in [0, 0.1) is 25.2 Å². The molecule has 0 aliphatic carbocycles. The normalized spacial score (nSPS) is 13.3. The van der Waals surface area contributed by atoms with Crippen LogP contribution < -0.4 is 5.32 Å². The number of hydrogen-bond donors (Lipinski definition) is 1. The first-order valence-electron chi connectivity index (χ1n) is 11.7. The summed E-state index contributed by atoms with van der Waals surface area (Å²) in [7, 11) is 0. The van der Waals surface area contributed by atoms with Crippen LogP contribution in [0.25, 0.3) is 5.82 Å². The lowest BCUT2D eigenvalue weighted by atomic mass is 9.95. The van der Waals surface area contributed by atoms with E-state index in [0.717, 1.165) is 60.0 Å². The molecular formula is C28H28N6. The van der Waals surface area contributed by atoms with E-state index in [1.54, 1.807) is 0 Å². The summed E-state index contributed by atoms with van der Waals surface area (Å²) in [5.74, 6) is 1.44. The van der Waals surface area contributed by atoms with E-state index in [4.69, 9.17) is 10.1 Å². The number of nitrogens with one attached hydrogen (secondary N) is 1. The predicted octanol–water partition coefficient (Wildman–Crippen LogP) is 4.93. The van der Waals surface area contributed by atoms with Crippen LogP contribution >= 0.6 is 0 Å². The first kappa shape index (κ1) is 21.9. The second-order valence-electron chi connectivity index (χ2n) is 8.85. The molecule has 1 aliphatic heterocycles. The molecule has 1 aliphatic rings. The summed E-state index contributed by atoms with van der Waals surface area (Å²) in [6.45, 7) is 7.16. The Morgan fingerprint density at radius 2 is 1.68 bits per heavy atom. The zero-order valence-corrected chi connectivity index (χ0v) is 19.6. The number of anilines is 1. The van der Waals surface area contributed by atoms with Gasteiger partial charge >= 0.3 is 0 Å². The van der Waals surface area contributed by atoms with E-state index < -0.39 is 0 Å². The monoisotopic (exact) mass is 448 g/mol. The van der Waals surface area contributed by atoms with E-state index in [1.807, 2.05) is 42.8 Å². The topological polar surface area (TPSA) is 69.8 Å². The average molecular weight is 449 g/mol. The van der Waals surface area contributed by atoms with E-state index >= 15 is 0 Å². The van der Waals surface area contributed by atoms with Crippen LogP contribution in [0.4, 0.5) is 5.82 Å².